The lowest BCUT2D eigenvalue weighted by atomic mass is 10.0. The van der Waals surface area contributed by atoms with Crippen molar-refractivity contribution in [3.8, 4) is 0 Å². The van der Waals surface area contributed by atoms with Gasteiger partial charge in [0.2, 0.25) is 0 Å². The molecule has 1 heterocycles. The second-order valence-electron chi connectivity index (χ2n) is 4.49. The average molecular weight is 300 g/mol. The number of H-pyrrole nitrogens is 1. The molecular weight excluding hydrogens is 286 g/mol. The summed E-state index contributed by atoms with van der Waals surface area (Å²) in [5.74, 6) is 0. The van der Waals surface area contributed by atoms with Gasteiger partial charge in [-0.1, -0.05) is 46.3 Å². The maximum atomic E-state index is 3.53. The zero-order valence-corrected chi connectivity index (χ0v) is 11.6. The number of aromatic amines is 1. The van der Waals surface area contributed by atoms with Crippen LogP contribution in [0.15, 0.2) is 59.2 Å². The first-order valence-electron chi connectivity index (χ1n) is 6.12. The Morgan fingerprint density at radius 3 is 2.61 bits per heavy atom. The summed E-state index contributed by atoms with van der Waals surface area (Å²) in [4.78, 5) is 3.33. The summed E-state index contributed by atoms with van der Waals surface area (Å²) in [5.41, 5.74) is 3.98. The Morgan fingerprint density at radius 2 is 1.78 bits per heavy atom. The highest BCUT2D eigenvalue weighted by Gasteiger charge is 2.04. The van der Waals surface area contributed by atoms with Crippen LogP contribution in [0.5, 0.6) is 0 Å². The number of hydrogen-bond acceptors (Lipinski definition) is 0. The topological polar surface area (TPSA) is 15.8 Å². The van der Waals surface area contributed by atoms with Gasteiger partial charge in [0.05, 0.1) is 0 Å². The predicted octanol–water partition coefficient (Wildman–Crippen LogP) is 4.72. The van der Waals surface area contributed by atoms with E-state index in [0.717, 1.165) is 17.3 Å². The Kier molecular flexibility index (Phi) is 3.20. The van der Waals surface area contributed by atoms with E-state index in [2.05, 4.69) is 75.6 Å². The Balaban J connectivity index is 1.85. The zero-order chi connectivity index (χ0) is 12.4. The van der Waals surface area contributed by atoms with Gasteiger partial charge in [-0.25, -0.2) is 0 Å². The van der Waals surface area contributed by atoms with Gasteiger partial charge in [0.1, 0.15) is 0 Å². The molecule has 18 heavy (non-hydrogen) atoms. The van der Waals surface area contributed by atoms with E-state index >= 15 is 0 Å². The van der Waals surface area contributed by atoms with Crippen LogP contribution in [0, 0.1) is 0 Å². The summed E-state index contributed by atoms with van der Waals surface area (Å²) < 4.78 is 1.13. The van der Waals surface area contributed by atoms with E-state index in [1.54, 1.807) is 0 Å². The minimum Gasteiger partial charge on any atom is -0.361 e. The molecule has 0 aliphatic rings. The highest BCUT2D eigenvalue weighted by atomic mass is 79.9. The maximum absolute atomic E-state index is 3.53. The third-order valence-electron chi connectivity index (χ3n) is 3.26. The van der Waals surface area contributed by atoms with Crippen molar-refractivity contribution in [1.82, 2.24) is 4.98 Å². The average Bonchev–Trinajstić information content (AvgIpc) is 2.80. The standard InChI is InChI=1S/C16H14BrN/c17-14-8-9-16-15(10-14)13(11-18-16)7-6-12-4-2-1-3-5-12/h1-5,8-11,18H,6-7H2. The molecule has 3 rings (SSSR count). The summed E-state index contributed by atoms with van der Waals surface area (Å²) in [6.07, 6.45) is 4.28. The maximum Gasteiger partial charge on any atom is 0.0457 e. The van der Waals surface area contributed by atoms with Crippen LogP contribution in [0.2, 0.25) is 0 Å². The van der Waals surface area contributed by atoms with Crippen LogP contribution in [-0.4, -0.2) is 4.98 Å². The van der Waals surface area contributed by atoms with Gasteiger partial charge in [-0.3, -0.25) is 0 Å². The SMILES string of the molecule is Brc1ccc2[nH]cc(CCc3ccccc3)c2c1. The molecule has 2 aromatic carbocycles. The van der Waals surface area contributed by atoms with Crippen LogP contribution in [-0.2, 0) is 12.8 Å². The van der Waals surface area contributed by atoms with Gasteiger partial charge in [0, 0.05) is 21.6 Å². The van der Waals surface area contributed by atoms with Crippen LogP contribution in [0.4, 0.5) is 0 Å². The van der Waals surface area contributed by atoms with E-state index in [1.165, 1.54) is 22.0 Å². The normalized spacial score (nSPS) is 10.9. The van der Waals surface area contributed by atoms with Gasteiger partial charge in [0.15, 0.2) is 0 Å². The van der Waals surface area contributed by atoms with Crippen molar-refractivity contribution in [3.63, 3.8) is 0 Å². The van der Waals surface area contributed by atoms with E-state index in [4.69, 9.17) is 0 Å². The number of halogens is 1. The second-order valence-corrected chi connectivity index (χ2v) is 5.41. The van der Waals surface area contributed by atoms with Crippen LogP contribution < -0.4 is 0 Å². The first-order valence-corrected chi connectivity index (χ1v) is 6.92. The van der Waals surface area contributed by atoms with Crippen LogP contribution >= 0.6 is 15.9 Å². The lowest BCUT2D eigenvalue weighted by Gasteiger charge is -2.01. The van der Waals surface area contributed by atoms with E-state index in [1.807, 2.05) is 0 Å². The Morgan fingerprint density at radius 1 is 0.944 bits per heavy atom. The summed E-state index contributed by atoms with van der Waals surface area (Å²) in [6, 6.07) is 17.0. The van der Waals surface area contributed by atoms with Crippen LogP contribution in [0.1, 0.15) is 11.1 Å². The molecule has 0 spiro atoms. The summed E-state index contributed by atoms with van der Waals surface area (Å²) in [5, 5.41) is 1.32. The molecule has 0 aliphatic carbocycles. The number of rotatable bonds is 3. The predicted molar refractivity (Wildman–Crippen MR) is 79.8 cm³/mol. The highest BCUT2D eigenvalue weighted by Crippen LogP contribution is 2.23. The number of nitrogens with one attached hydrogen (secondary N) is 1. The van der Waals surface area contributed by atoms with Crippen molar-refractivity contribution in [2.75, 3.05) is 0 Å². The molecular formula is C16H14BrN. The molecule has 0 atom stereocenters. The molecule has 1 nitrogen and oxygen atoms in total. The van der Waals surface area contributed by atoms with Gasteiger partial charge < -0.3 is 4.98 Å². The number of fused-ring (bicyclic) bond motifs is 1. The molecule has 0 aliphatic heterocycles. The fourth-order valence-corrected chi connectivity index (χ4v) is 2.64. The van der Waals surface area contributed by atoms with Gasteiger partial charge >= 0.3 is 0 Å². The van der Waals surface area contributed by atoms with E-state index in [0.29, 0.717) is 0 Å². The number of aryl methyl sites for hydroxylation is 2. The van der Waals surface area contributed by atoms with Crippen molar-refractivity contribution in [3.05, 3.63) is 70.3 Å². The minimum absolute atomic E-state index is 1.07. The van der Waals surface area contributed by atoms with Gasteiger partial charge in [-0.15, -0.1) is 0 Å². The fourth-order valence-electron chi connectivity index (χ4n) is 2.28. The van der Waals surface area contributed by atoms with Gasteiger partial charge in [-0.05, 0) is 42.2 Å². The third kappa shape index (κ3) is 2.34. The monoisotopic (exact) mass is 299 g/mol. The Hall–Kier alpha value is -1.54. The van der Waals surface area contributed by atoms with E-state index in [-0.39, 0.29) is 0 Å². The Bertz CT molecular complexity index is 655. The Labute approximate surface area is 115 Å². The first-order chi connectivity index (χ1) is 8.83. The number of hydrogen-bond donors (Lipinski definition) is 1. The summed E-state index contributed by atoms with van der Waals surface area (Å²) in [7, 11) is 0. The number of aromatic nitrogens is 1. The smallest absolute Gasteiger partial charge is 0.0457 e. The largest absolute Gasteiger partial charge is 0.361 e. The first kappa shape index (κ1) is 11.5. The van der Waals surface area contributed by atoms with Crippen molar-refractivity contribution in [2.45, 2.75) is 12.8 Å². The van der Waals surface area contributed by atoms with E-state index in [9.17, 15) is 0 Å². The lowest BCUT2D eigenvalue weighted by molar-refractivity contribution is 0.968. The molecule has 1 N–H and O–H groups in total. The second kappa shape index (κ2) is 4.99. The summed E-state index contributed by atoms with van der Waals surface area (Å²) in [6.45, 7) is 0. The van der Waals surface area contributed by atoms with Crippen molar-refractivity contribution >= 4 is 26.8 Å². The quantitative estimate of drug-likeness (QED) is 0.720. The molecule has 90 valence electrons. The van der Waals surface area contributed by atoms with E-state index < -0.39 is 0 Å². The summed E-state index contributed by atoms with van der Waals surface area (Å²) >= 11 is 3.53. The molecule has 0 fully saturated rings. The highest BCUT2D eigenvalue weighted by molar-refractivity contribution is 9.10. The van der Waals surface area contributed by atoms with Crippen molar-refractivity contribution in [1.29, 1.82) is 0 Å². The molecule has 1 aromatic heterocycles. The van der Waals surface area contributed by atoms with Gasteiger partial charge in [-0.2, -0.15) is 0 Å². The molecule has 0 amide bonds. The molecule has 0 saturated heterocycles. The fraction of sp³-hybridized carbons (Fsp3) is 0.125. The van der Waals surface area contributed by atoms with Crippen molar-refractivity contribution in [2.24, 2.45) is 0 Å². The van der Waals surface area contributed by atoms with Crippen molar-refractivity contribution < 1.29 is 0 Å². The molecule has 0 bridgehead atoms. The molecule has 0 radical (unpaired) electrons. The molecule has 0 unspecified atom stereocenters. The van der Waals surface area contributed by atoms with Crippen LogP contribution in [0.25, 0.3) is 10.9 Å². The van der Waals surface area contributed by atoms with Crippen LogP contribution in [0.3, 0.4) is 0 Å². The molecule has 0 saturated carbocycles. The molecule has 2 heteroatoms. The van der Waals surface area contributed by atoms with Gasteiger partial charge in [0.25, 0.3) is 0 Å². The lowest BCUT2D eigenvalue weighted by Crippen LogP contribution is -1.89. The zero-order valence-electron chi connectivity index (χ0n) is 9.99. The number of benzene rings is 2. The minimum atomic E-state index is 1.07. The molecule has 3 aromatic rings. The third-order valence-corrected chi connectivity index (χ3v) is 3.75.